The number of carbonyl (C=O) groups is 1. The fourth-order valence-electron chi connectivity index (χ4n) is 1.93. The Labute approximate surface area is 119 Å². The van der Waals surface area contributed by atoms with Gasteiger partial charge in [0.15, 0.2) is 0 Å². The third-order valence-electron chi connectivity index (χ3n) is 3.04. The predicted octanol–water partition coefficient (Wildman–Crippen LogP) is 3.49. The first-order valence-corrected chi connectivity index (χ1v) is 6.81. The number of nitrogens with zero attached hydrogens (tertiary/aromatic N) is 1. The molecule has 2 aromatic rings. The fraction of sp³-hybridized carbons (Fsp3) is 0.294. The van der Waals surface area contributed by atoms with Crippen molar-refractivity contribution in [1.82, 2.24) is 4.98 Å². The van der Waals surface area contributed by atoms with Crippen molar-refractivity contribution in [2.75, 3.05) is 6.61 Å². The maximum Gasteiger partial charge on any atom is 0.338 e. The molecule has 0 spiro atoms. The van der Waals surface area contributed by atoms with Crippen LogP contribution in [0.5, 0.6) is 0 Å². The summed E-state index contributed by atoms with van der Waals surface area (Å²) in [6, 6.07) is 13.4. The quantitative estimate of drug-likeness (QED) is 0.616. The monoisotopic (exact) mass is 269 g/mol. The molecule has 0 atom stereocenters. The van der Waals surface area contributed by atoms with E-state index in [0.717, 1.165) is 29.8 Å². The minimum Gasteiger partial charge on any atom is -0.462 e. The number of hydrogen-bond donors (Lipinski definition) is 0. The van der Waals surface area contributed by atoms with Crippen LogP contribution >= 0.6 is 0 Å². The molecule has 0 saturated carbocycles. The molecule has 0 saturated heterocycles. The summed E-state index contributed by atoms with van der Waals surface area (Å²) in [5.41, 5.74) is 3.78. The number of aromatic nitrogens is 1. The van der Waals surface area contributed by atoms with E-state index in [2.05, 4.69) is 4.98 Å². The van der Waals surface area contributed by atoms with Gasteiger partial charge in [-0.25, -0.2) is 4.79 Å². The maximum atomic E-state index is 11.8. The van der Waals surface area contributed by atoms with E-state index in [1.165, 1.54) is 0 Å². The van der Waals surface area contributed by atoms with Crippen molar-refractivity contribution in [1.29, 1.82) is 0 Å². The number of aryl methyl sites for hydroxylation is 3. The number of pyridine rings is 1. The molecule has 2 rings (SSSR count). The molecule has 20 heavy (non-hydrogen) atoms. The lowest BCUT2D eigenvalue weighted by molar-refractivity contribution is 0.0500. The van der Waals surface area contributed by atoms with E-state index in [-0.39, 0.29) is 5.97 Å². The third kappa shape index (κ3) is 4.19. The van der Waals surface area contributed by atoms with Crippen molar-refractivity contribution in [2.45, 2.75) is 26.7 Å². The van der Waals surface area contributed by atoms with Crippen LogP contribution < -0.4 is 0 Å². The molecular weight excluding hydrogens is 250 g/mol. The van der Waals surface area contributed by atoms with Gasteiger partial charge in [0.25, 0.3) is 0 Å². The minimum absolute atomic E-state index is 0.262. The Morgan fingerprint density at radius 2 is 1.85 bits per heavy atom. The number of hydrogen-bond acceptors (Lipinski definition) is 3. The van der Waals surface area contributed by atoms with Crippen molar-refractivity contribution in [3.05, 3.63) is 65.0 Å². The maximum absolute atomic E-state index is 11.8. The van der Waals surface area contributed by atoms with E-state index in [1.54, 1.807) is 12.1 Å². The zero-order chi connectivity index (χ0) is 14.4. The van der Waals surface area contributed by atoms with Crippen LogP contribution in [0.2, 0.25) is 0 Å². The van der Waals surface area contributed by atoms with E-state index >= 15 is 0 Å². The van der Waals surface area contributed by atoms with Gasteiger partial charge in [-0.3, -0.25) is 4.98 Å². The van der Waals surface area contributed by atoms with Crippen molar-refractivity contribution in [3.63, 3.8) is 0 Å². The second-order valence-corrected chi connectivity index (χ2v) is 4.88. The van der Waals surface area contributed by atoms with Gasteiger partial charge in [-0.2, -0.15) is 0 Å². The van der Waals surface area contributed by atoms with Gasteiger partial charge < -0.3 is 4.74 Å². The summed E-state index contributed by atoms with van der Waals surface area (Å²) in [6.45, 7) is 4.38. The highest BCUT2D eigenvalue weighted by Crippen LogP contribution is 2.06. The van der Waals surface area contributed by atoms with Gasteiger partial charge in [0, 0.05) is 11.4 Å². The Morgan fingerprint density at radius 3 is 2.55 bits per heavy atom. The number of benzene rings is 1. The lowest BCUT2D eigenvalue weighted by Gasteiger charge is -2.05. The largest absolute Gasteiger partial charge is 0.462 e. The van der Waals surface area contributed by atoms with Crippen LogP contribution in [-0.2, 0) is 11.2 Å². The molecule has 0 unspecified atom stereocenters. The number of rotatable bonds is 5. The molecule has 3 heteroatoms. The SMILES string of the molecule is Cc1ccc(C(=O)OCCCc2cccc(C)n2)cc1. The Hall–Kier alpha value is -2.16. The van der Waals surface area contributed by atoms with Gasteiger partial charge in [0.05, 0.1) is 12.2 Å². The smallest absolute Gasteiger partial charge is 0.338 e. The Bertz CT molecular complexity index is 576. The average Bonchev–Trinajstić information content (AvgIpc) is 2.44. The average molecular weight is 269 g/mol. The molecule has 3 nitrogen and oxygen atoms in total. The van der Waals surface area contributed by atoms with Crippen LogP contribution in [-0.4, -0.2) is 17.6 Å². The summed E-state index contributed by atoms with van der Waals surface area (Å²) in [6.07, 6.45) is 1.61. The van der Waals surface area contributed by atoms with Gasteiger partial charge in [-0.1, -0.05) is 23.8 Å². The first-order chi connectivity index (χ1) is 9.65. The van der Waals surface area contributed by atoms with Crippen molar-refractivity contribution < 1.29 is 9.53 Å². The molecule has 0 aliphatic rings. The summed E-state index contributed by atoms with van der Waals surface area (Å²) in [5, 5.41) is 0. The van der Waals surface area contributed by atoms with Gasteiger partial charge in [-0.05, 0) is 51.0 Å². The second kappa shape index (κ2) is 6.85. The summed E-state index contributed by atoms with van der Waals surface area (Å²) in [7, 11) is 0. The predicted molar refractivity (Wildman–Crippen MR) is 78.8 cm³/mol. The normalized spacial score (nSPS) is 10.3. The second-order valence-electron chi connectivity index (χ2n) is 4.88. The molecule has 1 aromatic heterocycles. The highest BCUT2D eigenvalue weighted by Gasteiger charge is 2.06. The fourth-order valence-corrected chi connectivity index (χ4v) is 1.93. The molecule has 0 radical (unpaired) electrons. The van der Waals surface area contributed by atoms with Gasteiger partial charge in [0.2, 0.25) is 0 Å². The topological polar surface area (TPSA) is 39.2 Å². The van der Waals surface area contributed by atoms with Crippen LogP contribution in [0, 0.1) is 13.8 Å². The lowest BCUT2D eigenvalue weighted by Crippen LogP contribution is -2.07. The van der Waals surface area contributed by atoms with Gasteiger partial charge in [0.1, 0.15) is 0 Å². The molecule has 0 aliphatic heterocycles. The number of esters is 1. The standard InChI is InChI=1S/C17H19NO2/c1-13-8-10-15(11-9-13)17(19)20-12-4-7-16-6-3-5-14(2)18-16/h3,5-6,8-11H,4,7,12H2,1-2H3. The van der Waals surface area contributed by atoms with Gasteiger partial charge in [-0.15, -0.1) is 0 Å². The van der Waals surface area contributed by atoms with Gasteiger partial charge >= 0.3 is 5.97 Å². The molecule has 0 aliphatic carbocycles. The van der Waals surface area contributed by atoms with Crippen molar-refractivity contribution >= 4 is 5.97 Å². The molecule has 0 bridgehead atoms. The van der Waals surface area contributed by atoms with Crippen LogP contribution in [0.1, 0.15) is 33.7 Å². The zero-order valence-electron chi connectivity index (χ0n) is 11.9. The van der Waals surface area contributed by atoms with E-state index < -0.39 is 0 Å². The molecule has 104 valence electrons. The molecule has 0 N–H and O–H groups in total. The summed E-state index contributed by atoms with van der Waals surface area (Å²) >= 11 is 0. The van der Waals surface area contributed by atoms with E-state index in [9.17, 15) is 4.79 Å². The summed E-state index contributed by atoms with van der Waals surface area (Å²) in [5.74, 6) is -0.262. The number of ether oxygens (including phenoxy) is 1. The first kappa shape index (κ1) is 14.3. The molecule has 0 fully saturated rings. The van der Waals surface area contributed by atoms with Crippen molar-refractivity contribution in [3.8, 4) is 0 Å². The minimum atomic E-state index is -0.262. The lowest BCUT2D eigenvalue weighted by atomic mass is 10.1. The van der Waals surface area contributed by atoms with Crippen molar-refractivity contribution in [2.24, 2.45) is 0 Å². The van der Waals surface area contributed by atoms with Crippen LogP contribution in [0.15, 0.2) is 42.5 Å². The molecule has 1 heterocycles. The van der Waals surface area contributed by atoms with Crippen LogP contribution in [0.4, 0.5) is 0 Å². The Morgan fingerprint density at radius 1 is 1.10 bits per heavy atom. The first-order valence-electron chi connectivity index (χ1n) is 6.81. The van der Waals surface area contributed by atoms with E-state index in [4.69, 9.17) is 4.74 Å². The summed E-state index contributed by atoms with van der Waals surface area (Å²) < 4.78 is 5.25. The molecule has 0 amide bonds. The van der Waals surface area contributed by atoms with E-state index in [1.807, 2.05) is 44.2 Å². The highest BCUT2D eigenvalue weighted by molar-refractivity contribution is 5.89. The Balaban J connectivity index is 1.76. The molecular formula is C17H19NO2. The Kier molecular flexibility index (Phi) is 4.88. The zero-order valence-corrected chi connectivity index (χ0v) is 11.9. The van der Waals surface area contributed by atoms with Crippen LogP contribution in [0.25, 0.3) is 0 Å². The van der Waals surface area contributed by atoms with Crippen LogP contribution in [0.3, 0.4) is 0 Å². The number of carbonyl (C=O) groups excluding carboxylic acids is 1. The molecule has 1 aromatic carbocycles. The highest BCUT2D eigenvalue weighted by atomic mass is 16.5. The van der Waals surface area contributed by atoms with E-state index in [0.29, 0.717) is 12.2 Å². The third-order valence-corrected chi connectivity index (χ3v) is 3.04. The summed E-state index contributed by atoms with van der Waals surface area (Å²) in [4.78, 5) is 16.2.